The van der Waals surface area contributed by atoms with Gasteiger partial charge in [0.15, 0.2) is 0 Å². The van der Waals surface area contributed by atoms with E-state index in [1.54, 1.807) is 14.0 Å². The fraction of sp³-hybridized carbons (Fsp3) is 0.562. The molecule has 0 bridgehead atoms. The standard InChI is InChI=1S/C16H23NO3/c1-10-9-16(3,4)17(11(2)15(18)19)14-8-12(20-5)6-7-13(10)14/h6-8,10-11H,9H2,1-5H3,(H,18,19)/t10-,11+/m1/s1. The van der Waals surface area contributed by atoms with Crippen LogP contribution in [0.1, 0.15) is 45.6 Å². The van der Waals surface area contributed by atoms with Crippen LogP contribution in [0.15, 0.2) is 18.2 Å². The van der Waals surface area contributed by atoms with Crippen LogP contribution in [0, 0.1) is 0 Å². The molecule has 110 valence electrons. The van der Waals surface area contributed by atoms with Crippen LogP contribution in [0.3, 0.4) is 0 Å². The number of rotatable bonds is 3. The van der Waals surface area contributed by atoms with Crippen molar-refractivity contribution in [3.05, 3.63) is 23.8 Å². The number of methoxy groups -OCH3 is 1. The fourth-order valence-corrected chi connectivity index (χ4v) is 3.40. The molecular weight excluding hydrogens is 254 g/mol. The third kappa shape index (κ3) is 2.35. The monoisotopic (exact) mass is 277 g/mol. The van der Waals surface area contributed by atoms with Crippen LogP contribution >= 0.6 is 0 Å². The summed E-state index contributed by atoms with van der Waals surface area (Å²) in [6.45, 7) is 8.13. The van der Waals surface area contributed by atoms with Gasteiger partial charge in [-0.05, 0) is 44.7 Å². The maximum absolute atomic E-state index is 11.5. The lowest BCUT2D eigenvalue weighted by Gasteiger charge is -2.49. The van der Waals surface area contributed by atoms with E-state index in [0.29, 0.717) is 5.92 Å². The number of ether oxygens (including phenoxy) is 1. The zero-order valence-electron chi connectivity index (χ0n) is 12.8. The first-order valence-electron chi connectivity index (χ1n) is 6.98. The van der Waals surface area contributed by atoms with Gasteiger partial charge in [-0.3, -0.25) is 0 Å². The van der Waals surface area contributed by atoms with Gasteiger partial charge in [0.1, 0.15) is 11.8 Å². The number of fused-ring (bicyclic) bond motifs is 1. The first-order valence-corrected chi connectivity index (χ1v) is 6.98. The Morgan fingerprint density at radius 1 is 1.50 bits per heavy atom. The van der Waals surface area contributed by atoms with Gasteiger partial charge in [0.2, 0.25) is 0 Å². The molecule has 1 aromatic carbocycles. The quantitative estimate of drug-likeness (QED) is 0.921. The van der Waals surface area contributed by atoms with Crippen molar-refractivity contribution in [1.29, 1.82) is 0 Å². The van der Waals surface area contributed by atoms with Crippen molar-refractivity contribution in [2.45, 2.75) is 51.6 Å². The number of nitrogens with zero attached hydrogens (tertiary/aromatic N) is 1. The predicted molar refractivity (Wildman–Crippen MR) is 79.7 cm³/mol. The summed E-state index contributed by atoms with van der Waals surface area (Å²) in [5, 5.41) is 9.41. The molecule has 0 spiro atoms. The molecule has 0 aromatic heterocycles. The molecule has 0 saturated heterocycles. The summed E-state index contributed by atoms with van der Waals surface area (Å²) >= 11 is 0. The van der Waals surface area contributed by atoms with Crippen LogP contribution in [0.25, 0.3) is 0 Å². The van der Waals surface area contributed by atoms with Gasteiger partial charge < -0.3 is 14.7 Å². The van der Waals surface area contributed by atoms with Crippen LogP contribution < -0.4 is 9.64 Å². The molecule has 4 heteroatoms. The molecule has 0 amide bonds. The van der Waals surface area contributed by atoms with E-state index in [-0.39, 0.29) is 5.54 Å². The average molecular weight is 277 g/mol. The van der Waals surface area contributed by atoms with E-state index in [2.05, 4.69) is 26.8 Å². The molecule has 1 heterocycles. The van der Waals surface area contributed by atoms with Crippen molar-refractivity contribution >= 4 is 11.7 Å². The second kappa shape index (κ2) is 5.00. The fourth-order valence-electron chi connectivity index (χ4n) is 3.40. The van der Waals surface area contributed by atoms with Gasteiger partial charge in [-0.2, -0.15) is 0 Å². The van der Waals surface area contributed by atoms with Gasteiger partial charge in [-0.1, -0.05) is 13.0 Å². The molecule has 0 radical (unpaired) electrons. The summed E-state index contributed by atoms with van der Waals surface area (Å²) in [6, 6.07) is 5.38. The Kier molecular flexibility index (Phi) is 3.67. The Labute approximate surface area is 120 Å². The molecule has 1 aliphatic rings. The highest BCUT2D eigenvalue weighted by Crippen LogP contribution is 2.45. The van der Waals surface area contributed by atoms with E-state index in [1.165, 1.54) is 5.56 Å². The number of aliphatic carboxylic acids is 1. The number of carbonyl (C=O) groups is 1. The van der Waals surface area contributed by atoms with Gasteiger partial charge in [0.25, 0.3) is 0 Å². The molecular formula is C16H23NO3. The lowest BCUT2D eigenvalue weighted by Crippen LogP contribution is -2.55. The Hall–Kier alpha value is -1.71. The second-order valence-corrected chi connectivity index (χ2v) is 6.23. The summed E-state index contributed by atoms with van der Waals surface area (Å²) in [7, 11) is 1.63. The van der Waals surface area contributed by atoms with E-state index >= 15 is 0 Å². The van der Waals surface area contributed by atoms with Gasteiger partial charge in [-0.25, -0.2) is 4.79 Å². The van der Waals surface area contributed by atoms with Gasteiger partial charge in [-0.15, -0.1) is 0 Å². The lowest BCUT2D eigenvalue weighted by molar-refractivity contribution is -0.138. The van der Waals surface area contributed by atoms with Crippen LogP contribution in [0.5, 0.6) is 5.75 Å². The minimum atomic E-state index is -0.804. The molecule has 1 aromatic rings. The van der Waals surface area contributed by atoms with Crippen LogP contribution in [0.4, 0.5) is 5.69 Å². The molecule has 2 atom stereocenters. The zero-order chi connectivity index (χ0) is 15.1. The van der Waals surface area contributed by atoms with E-state index in [9.17, 15) is 9.90 Å². The number of anilines is 1. The van der Waals surface area contributed by atoms with E-state index in [0.717, 1.165) is 17.9 Å². The highest BCUT2D eigenvalue weighted by atomic mass is 16.5. The molecule has 1 aliphatic heterocycles. The summed E-state index contributed by atoms with van der Waals surface area (Å²) in [5.41, 5.74) is 1.97. The molecule has 20 heavy (non-hydrogen) atoms. The minimum absolute atomic E-state index is 0.198. The summed E-state index contributed by atoms with van der Waals surface area (Å²) < 4.78 is 5.30. The van der Waals surface area contributed by atoms with Crippen molar-refractivity contribution in [3.8, 4) is 5.75 Å². The number of hydrogen-bond donors (Lipinski definition) is 1. The predicted octanol–water partition coefficient (Wildman–Crippen LogP) is 3.26. The number of carboxylic acid groups (broad SMARTS) is 1. The normalized spacial score (nSPS) is 22.1. The molecule has 0 fully saturated rings. The van der Waals surface area contributed by atoms with Gasteiger partial charge in [0.05, 0.1) is 7.11 Å². The SMILES string of the molecule is COc1ccc2c(c1)N([C@@H](C)C(=O)O)C(C)(C)C[C@H]2C. The first-order chi connectivity index (χ1) is 9.27. The third-order valence-corrected chi connectivity index (χ3v) is 4.23. The van der Waals surface area contributed by atoms with Gasteiger partial charge in [0, 0.05) is 17.3 Å². The second-order valence-electron chi connectivity index (χ2n) is 6.23. The molecule has 0 saturated carbocycles. The Morgan fingerprint density at radius 3 is 2.70 bits per heavy atom. The maximum atomic E-state index is 11.5. The maximum Gasteiger partial charge on any atom is 0.326 e. The highest BCUT2D eigenvalue weighted by molar-refractivity contribution is 5.80. The Morgan fingerprint density at radius 2 is 2.15 bits per heavy atom. The third-order valence-electron chi connectivity index (χ3n) is 4.23. The molecule has 4 nitrogen and oxygen atoms in total. The van der Waals surface area contributed by atoms with Crippen LogP contribution in [-0.4, -0.2) is 29.8 Å². The molecule has 0 aliphatic carbocycles. The highest BCUT2D eigenvalue weighted by Gasteiger charge is 2.40. The minimum Gasteiger partial charge on any atom is -0.497 e. The number of carboxylic acids is 1. The zero-order valence-corrected chi connectivity index (χ0v) is 12.8. The summed E-state index contributed by atoms with van der Waals surface area (Å²) in [4.78, 5) is 13.5. The lowest BCUT2D eigenvalue weighted by atomic mass is 9.79. The molecule has 2 rings (SSSR count). The summed E-state index contributed by atoms with van der Waals surface area (Å²) in [5.74, 6) is 0.362. The molecule has 0 unspecified atom stereocenters. The van der Waals surface area contributed by atoms with Crippen molar-refractivity contribution < 1.29 is 14.6 Å². The van der Waals surface area contributed by atoms with Crippen molar-refractivity contribution in [2.75, 3.05) is 12.0 Å². The summed E-state index contributed by atoms with van der Waals surface area (Å²) in [6.07, 6.45) is 0.934. The molecule has 1 N–H and O–H groups in total. The topological polar surface area (TPSA) is 49.8 Å². The number of benzene rings is 1. The van der Waals surface area contributed by atoms with E-state index in [1.807, 2.05) is 17.0 Å². The largest absolute Gasteiger partial charge is 0.497 e. The van der Waals surface area contributed by atoms with Crippen molar-refractivity contribution in [3.63, 3.8) is 0 Å². The van der Waals surface area contributed by atoms with Crippen molar-refractivity contribution in [2.24, 2.45) is 0 Å². The van der Waals surface area contributed by atoms with Crippen LogP contribution in [0.2, 0.25) is 0 Å². The smallest absolute Gasteiger partial charge is 0.326 e. The average Bonchev–Trinajstić information content (AvgIpc) is 2.36. The van der Waals surface area contributed by atoms with Crippen molar-refractivity contribution in [1.82, 2.24) is 0 Å². The Bertz CT molecular complexity index is 524. The number of hydrogen-bond acceptors (Lipinski definition) is 3. The first kappa shape index (κ1) is 14.7. The van der Waals surface area contributed by atoms with Crippen LogP contribution in [-0.2, 0) is 4.79 Å². The van der Waals surface area contributed by atoms with E-state index in [4.69, 9.17) is 4.74 Å². The van der Waals surface area contributed by atoms with E-state index < -0.39 is 12.0 Å². The van der Waals surface area contributed by atoms with Gasteiger partial charge >= 0.3 is 5.97 Å². The Balaban J connectivity index is 2.59.